The highest BCUT2D eigenvalue weighted by Gasteiger charge is 2.28. The number of aliphatic hydroxyl groups excluding tert-OH is 1. The van der Waals surface area contributed by atoms with Crippen LogP contribution in [0.25, 0.3) is 15.8 Å². The predicted octanol–water partition coefficient (Wildman–Crippen LogP) is 4.61. The van der Waals surface area contributed by atoms with E-state index in [-0.39, 0.29) is 5.76 Å². The van der Waals surface area contributed by atoms with Gasteiger partial charge in [-0.05, 0) is 18.2 Å². The van der Waals surface area contributed by atoms with Crippen LogP contribution in [0.3, 0.4) is 0 Å². The van der Waals surface area contributed by atoms with E-state index in [1.165, 1.54) is 0 Å². The summed E-state index contributed by atoms with van der Waals surface area (Å²) in [5.74, 6) is 1.92. The Morgan fingerprint density at radius 1 is 1.12 bits per heavy atom. The van der Waals surface area contributed by atoms with E-state index in [4.69, 9.17) is 4.99 Å². The number of rotatable bonds is 2. The molecule has 122 valence electrons. The SMILES string of the molecule is O/C(=C\C1=Nc2ccccc2C2=NCCN12)c1csc2ccccc12. The molecule has 0 amide bonds. The van der Waals surface area contributed by atoms with E-state index in [1.54, 1.807) is 17.4 Å². The molecule has 1 N–H and O–H groups in total. The molecule has 0 fully saturated rings. The van der Waals surface area contributed by atoms with Crippen molar-refractivity contribution in [1.29, 1.82) is 0 Å². The lowest BCUT2D eigenvalue weighted by Crippen LogP contribution is -2.36. The Kier molecular flexibility index (Phi) is 3.21. The number of fused-ring (bicyclic) bond motifs is 4. The van der Waals surface area contributed by atoms with Crippen LogP contribution in [0, 0.1) is 0 Å². The van der Waals surface area contributed by atoms with Crippen LogP contribution in [0.5, 0.6) is 0 Å². The summed E-state index contributed by atoms with van der Waals surface area (Å²) in [5.41, 5.74) is 2.80. The van der Waals surface area contributed by atoms with Gasteiger partial charge in [0, 0.05) is 39.2 Å². The van der Waals surface area contributed by atoms with E-state index in [2.05, 4.69) is 16.0 Å². The van der Waals surface area contributed by atoms with Gasteiger partial charge in [0.05, 0.1) is 12.2 Å². The van der Waals surface area contributed by atoms with Gasteiger partial charge >= 0.3 is 0 Å². The molecule has 2 aliphatic heterocycles. The van der Waals surface area contributed by atoms with Crippen molar-refractivity contribution >= 4 is 44.5 Å². The molecule has 25 heavy (non-hydrogen) atoms. The molecular formula is C20H15N3OS. The van der Waals surface area contributed by atoms with Crippen LogP contribution in [0.2, 0.25) is 0 Å². The quantitative estimate of drug-likeness (QED) is 0.690. The summed E-state index contributed by atoms with van der Waals surface area (Å²) in [5, 5.41) is 13.8. The standard InChI is InChI=1S/C20H15N3OS/c24-17(15-12-25-18-8-4-2-5-13(15)18)11-19-22-16-7-3-1-6-14(16)20-21-9-10-23(19)20/h1-8,11-12,24H,9-10H2/b17-11-. The van der Waals surface area contributed by atoms with Crippen LogP contribution in [-0.2, 0) is 0 Å². The minimum absolute atomic E-state index is 0.238. The minimum Gasteiger partial charge on any atom is -0.507 e. The number of thiophene rings is 1. The Hall–Kier alpha value is -2.92. The van der Waals surface area contributed by atoms with Crippen molar-refractivity contribution in [2.45, 2.75) is 0 Å². The number of benzene rings is 2. The van der Waals surface area contributed by atoms with Crippen LogP contribution in [0.15, 0.2) is 70.0 Å². The first kappa shape index (κ1) is 14.4. The van der Waals surface area contributed by atoms with Crippen LogP contribution in [0.1, 0.15) is 11.1 Å². The van der Waals surface area contributed by atoms with E-state index >= 15 is 0 Å². The second-order valence-electron chi connectivity index (χ2n) is 6.02. The van der Waals surface area contributed by atoms with Crippen molar-refractivity contribution in [3.8, 4) is 0 Å². The molecule has 0 aliphatic carbocycles. The molecule has 0 radical (unpaired) electrons. The molecule has 2 aliphatic rings. The fraction of sp³-hybridized carbons (Fsp3) is 0.100. The first-order chi connectivity index (χ1) is 12.3. The van der Waals surface area contributed by atoms with Gasteiger partial charge in [-0.1, -0.05) is 30.3 Å². The highest BCUT2D eigenvalue weighted by Crippen LogP contribution is 2.32. The zero-order valence-electron chi connectivity index (χ0n) is 13.4. The van der Waals surface area contributed by atoms with E-state index in [0.29, 0.717) is 0 Å². The van der Waals surface area contributed by atoms with Gasteiger partial charge in [0.25, 0.3) is 0 Å². The number of para-hydroxylation sites is 1. The third kappa shape index (κ3) is 2.27. The maximum Gasteiger partial charge on any atom is 0.138 e. The molecule has 0 saturated carbocycles. The predicted molar refractivity (Wildman–Crippen MR) is 104 cm³/mol. The van der Waals surface area contributed by atoms with Crippen molar-refractivity contribution in [3.05, 3.63) is 71.1 Å². The Labute approximate surface area is 149 Å². The Morgan fingerprint density at radius 2 is 1.96 bits per heavy atom. The monoisotopic (exact) mass is 345 g/mol. The summed E-state index contributed by atoms with van der Waals surface area (Å²) >= 11 is 1.63. The Bertz CT molecular complexity index is 1080. The topological polar surface area (TPSA) is 48.2 Å². The molecule has 5 heteroatoms. The average molecular weight is 345 g/mol. The molecule has 5 rings (SSSR count). The third-order valence-corrected chi connectivity index (χ3v) is 5.48. The first-order valence-electron chi connectivity index (χ1n) is 8.18. The van der Waals surface area contributed by atoms with Crippen LogP contribution >= 0.6 is 11.3 Å². The summed E-state index contributed by atoms with van der Waals surface area (Å²) in [4.78, 5) is 11.4. The number of hydrogen-bond donors (Lipinski definition) is 1. The minimum atomic E-state index is 0.238. The van der Waals surface area contributed by atoms with Gasteiger partial charge in [-0.15, -0.1) is 11.3 Å². The second kappa shape index (κ2) is 5.57. The van der Waals surface area contributed by atoms with Crippen LogP contribution in [-0.4, -0.2) is 34.8 Å². The number of amidine groups is 2. The van der Waals surface area contributed by atoms with Crippen molar-refractivity contribution in [2.75, 3.05) is 13.1 Å². The summed E-state index contributed by atoms with van der Waals surface area (Å²) < 4.78 is 1.16. The number of hydrogen-bond acceptors (Lipinski definition) is 5. The molecule has 2 aromatic carbocycles. The highest BCUT2D eigenvalue weighted by molar-refractivity contribution is 7.17. The molecule has 4 nitrogen and oxygen atoms in total. The Balaban J connectivity index is 1.62. The summed E-state index contributed by atoms with van der Waals surface area (Å²) in [6, 6.07) is 16.1. The fourth-order valence-electron chi connectivity index (χ4n) is 3.33. The first-order valence-corrected chi connectivity index (χ1v) is 9.06. The summed E-state index contributed by atoms with van der Waals surface area (Å²) in [7, 11) is 0. The molecule has 0 atom stereocenters. The molecule has 0 bridgehead atoms. The zero-order chi connectivity index (χ0) is 16.8. The molecule has 0 saturated heterocycles. The lowest BCUT2D eigenvalue weighted by atomic mass is 10.1. The van der Waals surface area contributed by atoms with Gasteiger partial charge < -0.3 is 10.0 Å². The van der Waals surface area contributed by atoms with Crippen molar-refractivity contribution < 1.29 is 5.11 Å². The summed E-state index contributed by atoms with van der Waals surface area (Å²) in [6.45, 7) is 1.54. The van der Waals surface area contributed by atoms with Gasteiger partial charge in [0.15, 0.2) is 0 Å². The van der Waals surface area contributed by atoms with E-state index < -0.39 is 0 Å². The molecule has 0 spiro atoms. The average Bonchev–Trinajstić information content (AvgIpc) is 3.29. The van der Waals surface area contributed by atoms with Crippen molar-refractivity contribution in [1.82, 2.24) is 4.90 Å². The maximum absolute atomic E-state index is 10.7. The molecule has 3 heterocycles. The number of aliphatic imine (C=N–C) groups is 2. The largest absolute Gasteiger partial charge is 0.507 e. The highest BCUT2D eigenvalue weighted by atomic mass is 32.1. The van der Waals surface area contributed by atoms with Gasteiger partial charge in [-0.25, -0.2) is 4.99 Å². The van der Waals surface area contributed by atoms with Gasteiger partial charge in [0.1, 0.15) is 17.4 Å². The second-order valence-corrected chi connectivity index (χ2v) is 6.93. The fourth-order valence-corrected chi connectivity index (χ4v) is 4.29. The summed E-state index contributed by atoms with van der Waals surface area (Å²) in [6.07, 6.45) is 1.76. The normalized spacial score (nSPS) is 16.5. The third-order valence-electron chi connectivity index (χ3n) is 4.52. The zero-order valence-corrected chi connectivity index (χ0v) is 14.2. The molecule has 1 aromatic heterocycles. The van der Waals surface area contributed by atoms with Crippen LogP contribution in [0.4, 0.5) is 5.69 Å². The number of aliphatic hydroxyl groups is 1. The van der Waals surface area contributed by atoms with Gasteiger partial charge in [-0.2, -0.15) is 0 Å². The van der Waals surface area contributed by atoms with Crippen molar-refractivity contribution in [2.24, 2.45) is 9.98 Å². The van der Waals surface area contributed by atoms with Gasteiger partial charge in [-0.3, -0.25) is 4.99 Å². The van der Waals surface area contributed by atoms with Crippen LogP contribution < -0.4 is 0 Å². The molecular weight excluding hydrogens is 330 g/mol. The molecule has 0 unspecified atom stereocenters. The van der Waals surface area contributed by atoms with E-state index in [1.807, 2.05) is 47.8 Å². The maximum atomic E-state index is 10.7. The van der Waals surface area contributed by atoms with E-state index in [0.717, 1.165) is 51.7 Å². The number of nitrogens with zero attached hydrogens (tertiary/aromatic N) is 3. The lowest BCUT2D eigenvalue weighted by molar-refractivity contribution is 0.512. The smallest absolute Gasteiger partial charge is 0.138 e. The van der Waals surface area contributed by atoms with Crippen molar-refractivity contribution in [3.63, 3.8) is 0 Å². The Morgan fingerprint density at radius 3 is 2.92 bits per heavy atom. The lowest BCUT2D eigenvalue weighted by Gasteiger charge is -2.25. The van der Waals surface area contributed by atoms with Gasteiger partial charge in [0.2, 0.25) is 0 Å². The van der Waals surface area contributed by atoms with E-state index in [9.17, 15) is 5.11 Å². The molecule has 3 aromatic rings.